The van der Waals surface area contributed by atoms with Crippen LogP contribution in [0.25, 0.3) is 11.0 Å². The maximum atomic E-state index is 12.6. The molecule has 1 heterocycles. The number of rotatable bonds is 8. The van der Waals surface area contributed by atoms with Crippen molar-refractivity contribution in [1.29, 1.82) is 0 Å². The summed E-state index contributed by atoms with van der Waals surface area (Å²) in [5.41, 5.74) is 4.95. The molecule has 0 radical (unpaired) electrons. The first-order valence-corrected chi connectivity index (χ1v) is 9.94. The monoisotopic (exact) mass is 411 g/mol. The molecule has 0 unspecified atom stereocenters. The highest BCUT2D eigenvalue weighted by Gasteiger charge is 2.16. The molecule has 0 saturated carbocycles. The Kier molecular flexibility index (Phi) is 6.55. The molecule has 30 heavy (non-hydrogen) atoms. The molecule has 1 amide bonds. The average Bonchev–Trinajstić information content (AvgIpc) is 3.11. The number of ether oxygens (including phenoxy) is 3. The fourth-order valence-electron chi connectivity index (χ4n) is 3.66. The van der Waals surface area contributed by atoms with Gasteiger partial charge in [-0.15, -0.1) is 0 Å². The second kappa shape index (κ2) is 9.11. The van der Waals surface area contributed by atoms with Gasteiger partial charge in [-0.25, -0.2) is 0 Å². The minimum Gasteiger partial charge on any atom is -0.496 e. The number of fused-ring (bicyclic) bond motifs is 1. The quantitative estimate of drug-likeness (QED) is 0.579. The Morgan fingerprint density at radius 3 is 2.27 bits per heavy atom. The van der Waals surface area contributed by atoms with Crippen LogP contribution in [0.3, 0.4) is 0 Å². The van der Waals surface area contributed by atoms with Crippen LogP contribution < -0.4 is 19.5 Å². The molecule has 0 spiro atoms. The van der Waals surface area contributed by atoms with E-state index in [0.29, 0.717) is 29.7 Å². The van der Waals surface area contributed by atoms with Crippen molar-refractivity contribution >= 4 is 16.9 Å². The van der Waals surface area contributed by atoms with Crippen LogP contribution in [0.2, 0.25) is 0 Å². The summed E-state index contributed by atoms with van der Waals surface area (Å²) in [7, 11) is 4.72. The second-order valence-corrected chi connectivity index (χ2v) is 7.59. The van der Waals surface area contributed by atoms with Crippen molar-refractivity contribution in [3.63, 3.8) is 0 Å². The van der Waals surface area contributed by atoms with Gasteiger partial charge >= 0.3 is 0 Å². The summed E-state index contributed by atoms with van der Waals surface area (Å²) >= 11 is 0. The van der Waals surface area contributed by atoms with E-state index in [1.807, 2.05) is 12.1 Å². The van der Waals surface area contributed by atoms with Gasteiger partial charge in [0.15, 0.2) is 11.5 Å². The summed E-state index contributed by atoms with van der Waals surface area (Å²) in [5.74, 6) is 2.09. The molecule has 2 aromatic carbocycles. The van der Waals surface area contributed by atoms with Crippen molar-refractivity contribution in [3.05, 3.63) is 52.8 Å². The summed E-state index contributed by atoms with van der Waals surface area (Å²) in [5, 5.41) is 3.95. The first-order valence-electron chi connectivity index (χ1n) is 9.94. The van der Waals surface area contributed by atoms with Crippen LogP contribution in [0.1, 0.15) is 42.0 Å². The lowest BCUT2D eigenvalue weighted by molar-refractivity contribution is -0.120. The largest absolute Gasteiger partial charge is 0.496 e. The molecule has 0 bridgehead atoms. The number of benzene rings is 2. The van der Waals surface area contributed by atoms with Gasteiger partial charge in [0, 0.05) is 29.1 Å². The summed E-state index contributed by atoms with van der Waals surface area (Å²) in [6.07, 6.45) is 1.91. The average molecular weight is 411 g/mol. The Bertz CT molecular complexity index is 1050. The number of hydrogen-bond donors (Lipinski definition) is 1. The van der Waals surface area contributed by atoms with Gasteiger partial charge in [-0.3, -0.25) is 4.79 Å². The van der Waals surface area contributed by atoms with Crippen molar-refractivity contribution in [3.8, 4) is 17.2 Å². The highest BCUT2D eigenvalue weighted by molar-refractivity contribution is 5.88. The lowest BCUT2D eigenvalue weighted by Crippen LogP contribution is -2.24. The zero-order valence-corrected chi connectivity index (χ0v) is 18.4. The standard InChI is InChI=1S/C24H29NO5/c1-14(2)18-10-19-17(13-30-21(19)7-15(18)3)9-24(26)25-12-16-8-22(28-5)23(29-6)11-20(16)27-4/h7-8,10-11,13-14H,9,12H2,1-6H3,(H,25,26). The van der Waals surface area contributed by atoms with E-state index in [0.717, 1.165) is 22.1 Å². The Hall–Kier alpha value is -3.15. The molecular weight excluding hydrogens is 382 g/mol. The van der Waals surface area contributed by atoms with Crippen LogP contribution in [0.15, 0.2) is 34.9 Å². The molecule has 0 fully saturated rings. The molecule has 1 aromatic heterocycles. The lowest BCUT2D eigenvalue weighted by atomic mass is 9.95. The summed E-state index contributed by atoms with van der Waals surface area (Å²) in [6.45, 7) is 6.73. The van der Waals surface area contributed by atoms with Gasteiger partial charge in [0.1, 0.15) is 11.3 Å². The third kappa shape index (κ3) is 4.37. The third-order valence-corrected chi connectivity index (χ3v) is 5.28. The highest BCUT2D eigenvalue weighted by atomic mass is 16.5. The summed E-state index contributed by atoms with van der Waals surface area (Å²) in [4.78, 5) is 12.6. The number of amides is 1. The van der Waals surface area contributed by atoms with Crippen LogP contribution in [0, 0.1) is 6.92 Å². The number of furan rings is 1. The van der Waals surface area contributed by atoms with Crippen LogP contribution >= 0.6 is 0 Å². The van der Waals surface area contributed by atoms with Crippen molar-refractivity contribution < 1.29 is 23.4 Å². The van der Waals surface area contributed by atoms with Gasteiger partial charge in [-0.1, -0.05) is 13.8 Å². The Morgan fingerprint density at radius 1 is 0.967 bits per heavy atom. The first kappa shape index (κ1) is 21.6. The number of methoxy groups -OCH3 is 3. The Balaban J connectivity index is 1.76. The third-order valence-electron chi connectivity index (χ3n) is 5.28. The van der Waals surface area contributed by atoms with Gasteiger partial charge in [-0.2, -0.15) is 0 Å². The number of aryl methyl sites for hydroxylation is 1. The van der Waals surface area contributed by atoms with E-state index in [-0.39, 0.29) is 12.3 Å². The van der Waals surface area contributed by atoms with Gasteiger partial charge in [0.25, 0.3) is 0 Å². The molecular formula is C24H29NO5. The molecule has 3 rings (SSSR count). The SMILES string of the molecule is COc1cc(OC)c(OC)cc1CNC(=O)Cc1coc2cc(C)c(C(C)C)cc12. The maximum absolute atomic E-state index is 12.6. The Labute approximate surface area is 177 Å². The van der Waals surface area contributed by atoms with Crippen molar-refractivity contribution in [1.82, 2.24) is 5.32 Å². The summed E-state index contributed by atoms with van der Waals surface area (Å²) < 4.78 is 21.8. The molecule has 6 heteroatoms. The fraction of sp³-hybridized carbons (Fsp3) is 0.375. The van der Waals surface area contributed by atoms with Crippen LogP contribution in [0.4, 0.5) is 0 Å². The zero-order chi connectivity index (χ0) is 21.8. The maximum Gasteiger partial charge on any atom is 0.224 e. The minimum atomic E-state index is -0.0961. The van der Waals surface area contributed by atoms with Gasteiger partial charge in [0.05, 0.1) is 34.0 Å². The molecule has 1 N–H and O–H groups in total. The van der Waals surface area contributed by atoms with E-state index in [1.165, 1.54) is 11.1 Å². The molecule has 0 aliphatic carbocycles. The molecule has 160 valence electrons. The molecule has 0 saturated heterocycles. The van der Waals surface area contributed by atoms with E-state index in [4.69, 9.17) is 18.6 Å². The highest BCUT2D eigenvalue weighted by Crippen LogP contribution is 2.34. The molecule has 0 aliphatic heterocycles. The molecule has 3 aromatic rings. The smallest absolute Gasteiger partial charge is 0.224 e. The van der Waals surface area contributed by atoms with Crippen molar-refractivity contribution in [2.24, 2.45) is 0 Å². The number of hydrogen-bond acceptors (Lipinski definition) is 5. The number of carbonyl (C=O) groups is 1. The molecule has 6 nitrogen and oxygen atoms in total. The zero-order valence-electron chi connectivity index (χ0n) is 18.4. The van der Waals surface area contributed by atoms with Crippen LogP contribution in [-0.4, -0.2) is 27.2 Å². The molecule has 0 atom stereocenters. The predicted octanol–water partition coefficient (Wildman–Crippen LogP) is 4.75. The van der Waals surface area contributed by atoms with Crippen molar-refractivity contribution in [2.75, 3.05) is 21.3 Å². The minimum absolute atomic E-state index is 0.0961. The Morgan fingerprint density at radius 2 is 1.63 bits per heavy atom. The van der Waals surface area contributed by atoms with E-state index in [2.05, 4.69) is 32.2 Å². The molecule has 0 aliphatic rings. The fourth-order valence-corrected chi connectivity index (χ4v) is 3.66. The number of nitrogens with one attached hydrogen (secondary N) is 1. The topological polar surface area (TPSA) is 69.9 Å². The van der Waals surface area contributed by atoms with Gasteiger partial charge in [-0.05, 0) is 42.2 Å². The summed E-state index contributed by atoms with van der Waals surface area (Å²) in [6, 6.07) is 7.74. The van der Waals surface area contributed by atoms with E-state index < -0.39 is 0 Å². The van der Waals surface area contributed by atoms with E-state index in [9.17, 15) is 4.79 Å². The van der Waals surface area contributed by atoms with E-state index >= 15 is 0 Å². The number of carbonyl (C=O) groups excluding carboxylic acids is 1. The van der Waals surface area contributed by atoms with E-state index in [1.54, 1.807) is 33.7 Å². The predicted molar refractivity (Wildman–Crippen MR) is 117 cm³/mol. The van der Waals surface area contributed by atoms with Crippen LogP contribution in [0.5, 0.6) is 17.2 Å². The van der Waals surface area contributed by atoms with Crippen LogP contribution in [-0.2, 0) is 17.8 Å². The lowest BCUT2D eigenvalue weighted by Gasteiger charge is -2.14. The normalized spacial score (nSPS) is 11.0. The van der Waals surface area contributed by atoms with Gasteiger partial charge in [0.2, 0.25) is 5.91 Å². The van der Waals surface area contributed by atoms with Crippen molar-refractivity contribution in [2.45, 2.75) is 39.7 Å². The second-order valence-electron chi connectivity index (χ2n) is 7.59. The van der Waals surface area contributed by atoms with Gasteiger partial charge < -0.3 is 23.9 Å². The first-order chi connectivity index (χ1) is 14.4.